The normalized spacial score (nSPS) is 34.4. The maximum absolute atomic E-state index is 2.50. The first-order valence-corrected chi connectivity index (χ1v) is 6.19. The van der Waals surface area contributed by atoms with Gasteiger partial charge in [0.25, 0.3) is 0 Å². The SMILES string of the molecule is CC1CCCCC[N+]12CCCCC2. The van der Waals surface area contributed by atoms with E-state index >= 15 is 0 Å². The Kier molecular flexibility index (Phi) is 2.92. The molecule has 1 heteroatoms. The van der Waals surface area contributed by atoms with Crippen LogP contribution in [0.25, 0.3) is 0 Å². The summed E-state index contributed by atoms with van der Waals surface area (Å²) >= 11 is 0. The third-order valence-electron chi connectivity index (χ3n) is 4.37. The van der Waals surface area contributed by atoms with Crippen molar-refractivity contribution in [1.29, 1.82) is 0 Å². The van der Waals surface area contributed by atoms with Gasteiger partial charge in [-0.15, -0.1) is 0 Å². The Balaban J connectivity index is 2.06. The van der Waals surface area contributed by atoms with Crippen LogP contribution in [-0.4, -0.2) is 30.2 Å². The third kappa shape index (κ3) is 1.90. The Bertz CT molecular complexity index is 159. The zero-order valence-electron chi connectivity index (χ0n) is 9.10. The molecule has 0 N–H and O–H groups in total. The van der Waals surface area contributed by atoms with Gasteiger partial charge >= 0.3 is 0 Å². The van der Waals surface area contributed by atoms with Crippen molar-refractivity contribution in [2.24, 2.45) is 0 Å². The van der Waals surface area contributed by atoms with Crippen LogP contribution >= 0.6 is 0 Å². The van der Waals surface area contributed by atoms with Gasteiger partial charge in [0.2, 0.25) is 0 Å². The predicted molar refractivity (Wildman–Crippen MR) is 56.6 cm³/mol. The molecule has 0 amide bonds. The maximum atomic E-state index is 2.50. The molecular formula is C12H24N+. The molecule has 1 spiro atoms. The highest BCUT2D eigenvalue weighted by molar-refractivity contribution is 4.64. The van der Waals surface area contributed by atoms with E-state index in [1.807, 2.05) is 0 Å². The van der Waals surface area contributed by atoms with Gasteiger partial charge in [0.05, 0.1) is 25.7 Å². The molecule has 1 nitrogen and oxygen atoms in total. The number of hydrogen-bond donors (Lipinski definition) is 0. The summed E-state index contributed by atoms with van der Waals surface area (Å²) < 4.78 is 1.49. The standard InChI is InChI=1S/C12H24N/c1-12-8-4-2-5-9-13(12)10-6-3-7-11-13/h12H,2-11H2,1H3/q+1. The molecule has 2 saturated heterocycles. The van der Waals surface area contributed by atoms with Gasteiger partial charge in [-0.1, -0.05) is 0 Å². The van der Waals surface area contributed by atoms with Gasteiger partial charge in [-0.2, -0.15) is 0 Å². The average molecular weight is 182 g/mol. The van der Waals surface area contributed by atoms with Crippen molar-refractivity contribution in [1.82, 2.24) is 0 Å². The van der Waals surface area contributed by atoms with Gasteiger partial charge in [-0.25, -0.2) is 0 Å². The van der Waals surface area contributed by atoms with E-state index in [-0.39, 0.29) is 0 Å². The Labute approximate surface area is 82.7 Å². The molecule has 0 aliphatic carbocycles. The van der Waals surface area contributed by atoms with Crippen molar-refractivity contribution >= 4 is 0 Å². The fraction of sp³-hybridized carbons (Fsp3) is 1.00. The molecule has 2 fully saturated rings. The van der Waals surface area contributed by atoms with E-state index in [4.69, 9.17) is 0 Å². The molecule has 76 valence electrons. The van der Waals surface area contributed by atoms with Gasteiger partial charge in [0, 0.05) is 0 Å². The lowest BCUT2D eigenvalue weighted by Gasteiger charge is -2.45. The first kappa shape index (κ1) is 9.51. The van der Waals surface area contributed by atoms with E-state index in [0.717, 1.165) is 6.04 Å². The monoisotopic (exact) mass is 182 g/mol. The summed E-state index contributed by atoms with van der Waals surface area (Å²) in [6.45, 7) is 6.96. The van der Waals surface area contributed by atoms with E-state index in [9.17, 15) is 0 Å². The van der Waals surface area contributed by atoms with E-state index in [2.05, 4.69) is 6.92 Å². The Morgan fingerprint density at radius 1 is 0.769 bits per heavy atom. The first-order valence-electron chi connectivity index (χ1n) is 6.19. The van der Waals surface area contributed by atoms with Crippen molar-refractivity contribution in [3.05, 3.63) is 0 Å². The summed E-state index contributed by atoms with van der Waals surface area (Å²) in [6.07, 6.45) is 10.4. The molecule has 0 radical (unpaired) electrons. The van der Waals surface area contributed by atoms with Crippen LogP contribution in [0.5, 0.6) is 0 Å². The van der Waals surface area contributed by atoms with E-state index in [0.29, 0.717) is 0 Å². The highest BCUT2D eigenvalue weighted by Gasteiger charge is 2.35. The van der Waals surface area contributed by atoms with Gasteiger partial charge in [-0.3, -0.25) is 0 Å². The second-order valence-corrected chi connectivity index (χ2v) is 5.15. The number of piperidine rings is 1. The summed E-state index contributed by atoms with van der Waals surface area (Å²) in [7, 11) is 0. The fourth-order valence-electron chi connectivity index (χ4n) is 3.34. The third-order valence-corrected chi connectivity index (χ3v) is 4.37. The number of quaternary nitrogens is 1. The molecule has 0 bridgehead atoms. The Morgan fingerprint density at radius 2 is 1.31 bits per heavy atom. The molecule has 0 aromatic rings. The van der Waals surface area contributed by atoms with Crippen molar-refractivity contribution in [2.75, 3.05) is 19.6 Å². The van der Waals surface area contributed by atoms with Crippen LogP contribution in [0.2, 0.25) is 0 Å². The Hall–Kier alpha value is -0.0400. The topological polar surface area (TPSA) is 0 Å². The number of rotatable bonds is 0. The summed E-state index contributed by atoms with van der Waals surface area (Å²) in [5.74, 6) is 0. The van der Waals surface area contributed by atoms with Crippen LogP contribution in [0.3, 0.4) is 0 Å². The zero-order chi connectivity index (χ0) is 9.15. The number of hydrogen-bond acceptors (Lipinski definition) is 0. The van der Waals surface area contributed by atoms with Gasteiger partial charge in [0.15, 0.2) is 0 Å². The molecule has 0 saturated carbocycles. The second kappa shape index (κ2) is 4.00. The van der Waals surface area contributed by atoms with Crippen molar-refractivity contribution in [3.63, 3.8) is 0 Å². The van der Waals surface area contributed by atoms with Crippen molar-refractivity contribution < 1.29 is 4.48 Å². The minimum Gasteiger partial charge on any atom is -0.321 e. The molecule has 1 unspecified atom stereocenters. The second-order valence-electron chi connectivity index (χ2n) is 5.15. The van der Waals surface area contributed by atoms with E-state index in [1.165, 1.54) is 69.1 Å². The molecule has 2 rings (SSSR count). The minimum atomic E-state index is 0.961. The summed E-state index contributed by atoms with van der Waals surface area (Å²) in [5, 5.41) is 0. The molecule has 2 aliphatic rings. The quantitative estimate of drug-likeness (QED) is 0.505. The average Bonchev–Trinajstić information content (AvgIpc) is 2.33. The van der Waals surface area contributed by atoms with E-state index in [1.54, 1.807) is 0 Å². The first-order chi connectivity index (χ1) is 6.33. The summed E-state index contributed by atoms with van der Waals surface area (Å²) in [4.78, 5) is 0. The van der Waals surface area contributed by atoms with Gasteiger partial charge in [-0.05, 0) is 51.9 Å². The van der Waals surface area contributed by atoms with E-state index < -0.39 is 0 Å². The highest BCUT2D eigenvalue weighted by atomic mass is 15.4. The van der Waals surface area contributed by atoms with Crippen molar-refractivity contribution in [2.45, 2.75) is 57.9 Å². The summed E-state index contributed by atoms with van der Waals surface area (Å²) in [6, 6.07) is 0.961. The molecule has 0 aromatic heterocycles. The molecule has 2 heterocycles. The minimum absolute atomic E-state index is 0.961. The zero-order valence-corrected chi connectivity index (χ0v) is 9.10. The van der Waals surface area contributed by atoms with Crippen LogP contribution in [0.4, 0.5) is 0 Å². The molecule has 0 aromatic carbocycles. The molecule has 2 aliphatic heterocycles. The van der Waals surface area contributed by atoms with Crippen molar-refractivity contribution in [3.8, 4) is 0 Å². The lowest BCUT2D eigenvalue weighted by Crippen LogP contribution is -2.56. The fourth-order valence-corrected chi connectivity index (χ4v) is 3.34. The predicted octanol–water partition coefficient (Wildman–Crippen LogP) is 2.95. The molecule has 1 atom stereocenters. The highest BCUT2D eigenvalue weighted by Crippen LogP contribution is 2.29. The van der Waals surface area contributed by atoms with Gasteiger partial charge in [0.1, 0.15) is 0 Å². The van der Waals surface area contributed by atoms with Crippen LogP contribution in [0.15, 0.2) is 0 Å². The van der Waals surface area contributed by atoms with Crippen LogP contribution in [0.1, 0.15) is 51.9 Å². The lowest BCUT2D eigenvalue weighted by molar-refractivity contribution is -0.953. The largest absolute Gasteiger partial charge is 0.321 e. The maximum Gasteiger partial charge on any atom is 0.0861 e. The van der Waals surface area contributed by atoms with Gasteiger partial charge < -0.3 is 4.48 Å². The molecular weight excluding hydrogens is 158 g/mol. The smallest absolute Gasteiger partial charge is 0.0861 e. The lowest BCUT2D eigenvalue weighted by atomic mass is 10.0. The van der Waals surface area contributed by atoms with Crippen LogP contribution < -0.4 is 0 Å². The number of nitrogens with zero attached hydrogens (tertiary/aromatic N) is 1. The molecule has 13 heavy (non-hydrogen) atoms. The van der Waals surface area contributed by atoms with Crippen LogP contribution in [0, 0.1) is 0 Å². The Morgan fingerprint density at radius 3 is 1.92 bits per heavy atom. The summed E-state index contributed by atoms with van der Waals surface area (Å²) in [5.41, 5.74) is 0. The van der Waals surface area contributed by atoms with Crippen LogP contribution in [-0.2, 0) is 0 Å².